The highest BCUT2D eigenvalue weighted by atomic mass is 79.9. The maximum absolute atomic E-state index is 13.6. The van der Waals surface area contributed by atoms with E-state index in [9.17, 15) is 22.8 Å². The average Bonchev–Trinajstić information content (AvgIpc) is 2.56. The van der Waals surface area contributed by atoms with Crippen LogP contribution in [0.2, 0.25) is 0 Å². The van der Waals surface area contributed by atoms with Gasteiger partial charge in [-0.1, -0.05) is 15.9 Å². The number of carbonyl (C=O) groups is 2. The number of carbonyl (C=O) groups excluding carboxylic acids is 2. The highest BCUT2D eigenvalue weighted by Gasteiger charge is 2.20. The summed E-state index contributed by atoms with van der Waals surface area (Å²) < 4.78 is 45.6. The highest BCUT2D eigenvalue weighted by Crippen LogP contribution is 2.24. The Balaban J connectivity index is 2.13. The lowest BCUT2D eigenvalue weighted by molar-refractivity contribution is -0.122. The van der Waals surface area contributed by atoms with Crippen molar-refractivity contribution in [2.45, 2.75) is 13.0 Å². The molecule has 8 heteroatoms. The summed E-state index contributed by atoms with van der Waals surface area (Å²) in [7, 11) is 0. The van der Waals surface area contributed by atoms with Crippen molar-refractivity contribution >= 4 is 33.8 Å². The molecular formula is C16H11BrF3NO3. The van der Waals surface area contributed by atoms with Crippen molar-refractivity contribution < 1.29 is 27.5 Å². The molecule has 0 heterocycles. The summed E-state index contributed by atoms with van der Waals surface area (Å²) in [4.78, 5) is 23.0. The molecular weight excluding hydrogens is 391 g/mol. The first-order valence-electron chi connectivity index (χ1n) is 6.69. The molecule has 0 radical (unpaired) electrons. The van der Waals surface area contributed by atoms with E-state index < -0.39 is 35.2 Å². The van der Waals surface area contributed by atoms with Gasteiger partial charge in [0.05, 0.1) is 11.3 Å². The largest absolute Gasteiger partial charge is 0.480 e. The zero-order chi connectivity index (χ0) is 17.9. The molecule has 2 aromatic rings. The standard InChI is InChI=1S/C16H11BrF3NO3/c1-8(24-13-5-2-10(17)6-9(13)7-22)16(23)21-12-4-3-11(18)14(19)15(12)20/h2-8H,1H3,(H,21,23)/t8-/m1/s1. The lowest BCUT2D eigenvalue weighted by atomic mass is 10.2. The Kier molecular flexibility index (Phi) is 5.61. The molecule has 0 aromatic heterocycles. The van der Waals surface area contributed by atoms with Crippen LogP contribution in [0.15, 0.2) is 34.8 Å². The van der Waals surface area contributed by atoms with E-state index in [1.807, 2.05) is 0 Å². The Morgan fingerprint density at radius 3 is 2.58 bits per heavy atom. The van der Waals surface area contributed by atoms with E-state index in [2.05, 4.69) is 21.2 Å². The maximum Gasteiger partial charge on any atom is 0.265 e. The van der Waals surface area contributed by atoms with Gasteiger partial charge in [-0.15, -0.1) is 0 Å². The minimum absolute atomic E-state index is 0.154. The second-order valence-electron chi connectivity index (χ2n) is 4.77. The van der Waals surface area contributed by atoms with Gasteiger partial charge in [0, 0.05) is 4.47 Å². The van der Waals surface area contributed by atoms with Crippen LogP contribution in [0.5, 0.6) is 5.75 Å². The number of amides is 1. The van der Waals surface area contributed by atoms with Gasteiger partial charge in [-0.3, -0.25) is 9.59 Å². The van der Waals surface area contributed by atoms with Crippen LogP contribution in [0.3, 0.4) is 0 Å². The van der Waals surface area contributed by atoms with Gasteiger partial charge in [-0.05, 0) is 37.3 Å². The van der Waals surface area contributed by atoms with Crippen LogP contribution >= 0.6 is 15.9 Å². The third kappa shape index (κ3) is 3.94. The third-order valence-electron chi connectivity index (χ3n) is 3.06. The van der Waals surface area contributed by atoms with Crippen LogP contribution in [0.4, 0.5) is 18.9 Å². The summed E-state index contributed by atoms with van der Waals surface area (Å²) in [6.07, 6.45) is -0.558. The van der Waals surface area contributed by atoms with Crippen molar-refractivity contribution in [1.29, 1.82) is 0 Å². The number of nitrogens with one attached hydrogen (secondary N) is 1. The number of halogens is 4. The number of hydrogen-bond acceptors (Lipinski definition) is 3. The summed E-state index contributed by atoms with van der Waals surface area (Å²) in [6, 6.07) is 6.19. The van der Waals surface area contributed by atoms with Gasteiger partial charge < -0.3 is 10.1 Å². The summed E-state index contributed by atoms with van der Waals surface area (Å²) >= 11 is 3.20. The van der Waals surface area contributed by atoms with E-state index >= 15 is 0 Å². The number of hydrogen-bond donors (Lipinski definition) is 1. The van der Waals surface area contributed by atoms with Gasteiger partial charge in [0.1, 0.15) is 5.75 Å². The normalized spacial score (nSPS) is 11.7. The molecule has 0 bridgehead atoms. The number of benzene rings is 2. The molecule has 0 fully saturated rings. The Morgan fingerprint density at radius 2 is 1.92 bits per heavy atom. The van der Waals surface area contributed by atoms with Crippen molar-refractivity contribution in [1.82, 2.24) is 0 Å². The second-order valence-corrected chi connectivity index (χ2v) is 5.69. The molecule has 0 saturated carbocycles. The summed E-state index contributed by atoms with van der Waals surface area (Å²) in [5, 5.41) is 2.10. The highest BCUT2D eigenvalue weighted by molar-refractivity contribution is 9.10. The molecule has 126 valence electrons. The number of rotatable bonds is 5. The van der Waals surface area contributed by atoms with Crippen LogP contribution in [0.1, 0.15) is 17.3 Å². The molecule has 0 spiro atoms. The Labute approximate surface area is 143 Å². The minimum atomic E-state index is -1.68. The van der Waals surface area contributed by atoms with E-state index in [4.69, 9.17) is 4.74 Å². The molecule has 0 aliphatic carbocycles. The molecule has 1 N–H and O–H groups in total. The Hall–Kier alpha value is -2.35. The average molecular weight is 402 g/mol. The molecule has 0 unspecified atom stereocenters. The van der Waals surface area contributed by atoms with Crippen LogP contribution in [0.25, 0.3) is 0 Å². The van der Waals surface area contributed by atoms with Gasteiger partial charge >= 0.3 is 0 Å². The van der Waals surface area contributed by atoms with Crippen LogP contribution in [-0.4, -0.2) is 18.3 Å². The lowest BCUT2D eigenvalue weighted by Crippen LogP contribution is -2.30. The first-order valence-corrected chi connectivity index (χ1v) is 7.48. The van der Waals surface area contributed by atoms with Gasteiger partial charge in [-0.25, -0.2) is 13.2 Å². The second kappa shape index (κ2) is 7.48. The SMILES string of the molecule is C[C@@H](Oc1ccc(Br)cc1C=O)C(=O)Nc1ccc(F)c(F)c1F. The van der Waals surface area contributed by atoms with Crippen molar-refractivity contribution in [3.8, 4) is 5.75 Å². The van der Waals surface area contributed by atoms with E-state index in [0.717, 1.165) is 6.07 Å². The van der Waals surface area contributed by atoms with Crippen LogP contribution < -0.4 is 10.1 Å². The summed E-state index contributed by atoms with van der Waals surface area (Å²) in [5.41, 5.74) is -0.302. The predicted octanol–water partition coefficient (Wildman–Crippen LogP) is 4.08. The molecule has 0 aliphatic rings. The molecule has 1 amide bonds. The zero-order valence-electron chi connectivity index (χ0n) is 12.3. The molecule has 2 aromatic carbocycles. The summed E-state index contributed by atoms with van der Waals surface area (Å²) in [5.74, 6) is -5.19. The van der Waals surface area contributed by atoms with Crippen molar-refractivity contribution in [2.24, 2.45) is 0 Å². The van der Waals surface area contributed by atoms with Gasteiger partial charge in [-0.2, -0.15) is 0 Å². The van der Waals surface area contributed by atoms with Crippen LogP contribution in [0, 0.1) is 17.5 Å². The van der Waals surface area contributed by atoms with Crippen molar-refractivity contribution in [2.75, 3.05) is 5.32 Å². The molecule has 0 aliphatic heterocycles. The number of ether oxygens (including phenoxy) is 1. The van der Waals surface area contributed by atoms with Gasteiger partial charge in [0.15, 0.2) is 29.8 Å². The van der Waals surface area contributed by atoms with E-state index in [1.165, 1.54) is 19.1 Å². The third-order valence-corrected chi connectivity index (χ3v) is 3.56. The fraction of sp³-hybridized carbons (Fsp3) is 0.125. The molecule has 2 rings (SSSR count). The fourth-order valence-electron chi connectivity index (χ4n) is 1.82. The molecule has 1 atom stereocenters. The smallest absolute Gasteiger partial charge is 0.265 e. The quantitative estimate of drug-likeness (QED) is 0.606. The number of anilines is 1. The molecule has 4 nitrogen and oxygen atoms in total. The fourth-order valence-corrected chi connectivity index (χ4v) is 2.20. The number of aldehydes is 1. The van der Waals surface area contributed by atoms with Gasteiger partial charge in [0.25, 0.3) is 5.91 Å². The first-order chi connectivity index (χ1) is 11.3. The maximum atomic E-state index is 13.6. The predicted molar refractivity (Wildman–Crippen MR) is 84.6 cm³/mol. The Bertz CT molecular complexity index is 798. The minimum Gasteiger partial charge on any atom is -0.480 e. The Morgan fingerprint density at radius 1 is 1.21 bits per heavy atom. The van der Waals surface area contributed by atoms with Gasteiger partial charge in [0.2, 0.25) is 0 Å². The molecule has 24 heavy (non-hydrogen) atoms. The van der Waals surface area contributed by atoms with Crippen molar-refractivity contribution in [3.63, 3.8) is 0 Å². The van der Waals surface area contributed by atoms with E-state index in [-0.39, 0.29) is 11.3 Å². The topological polar surface area (TPSA) is 55.4 Å². The molecule has 0 saturated heterocycles. The van der Waals surface area contributed by atoms with Crippen LogP contribution in [-0.2, 0) is 4.79 Å². The van der Waals surface area contributed by atoms with E-state index in [1.54, 1.807) is 6.07 Å². The monoisotopic (exact) mass is 401 g/mol. The van der Waals surface area contributed by atoms with E-state index in [0.29, 0.717) is 16.8 Å². The summed E-state index contributed by atoms with van der Waals surface area (Å²) in [6.45, 7) is 1.36. The van der Waals surface area contributed by atoms with Crippen molar-refractivity contribution in [3.05, 3.63) is 57.8 Å². The first kappa shape index (κ1) is 18.0. The lowest BCUT2D eigenvalue weighted by Gasteiger charge is -2.16. The zero-order valence-corrected chi connectivity index (χ0v) is 13.9.